The van der Waals surface area contributed by atoms with Crippen LogP contribution in [-0.4, -0.2) is 68.5 Å². The van der Waals surface area contributed by atoms with Crippen LogP contribution in [0.4, 0.5) is 0 Å². The quantitative estimate of drug-likeness (QED) is 0.293. The highest BCUT2D eigenvalue weighted by Gasteiger charge is 2.34. The van der Waals surface area contributed by atoms with Gasteiger partial charge in [-0.3, -0.25) is 4.79 Å². The first kappa shape index (κ1) is 18.3. The van der Waals surface area contributed by atoms with Crippen molar-refractivity contribution in [3.63, 3.8) is 0 Å². The zero-order chi connectivity index (χ0) is 15.0. The second kappa shape index (κ2) is 9.22. The summed E-state index contributed by atoms with van der Waals surface area (Å²) in [4.78, 5) is 11.7. The van der Waals surface area contributed by atoms with E-state index >= 15 is 0 Å². The van der Waals surface area contributed by atoms with Crippen molar-refractivity contribution in [3.05, 3.63) is 0 Å². The van der Waals surface area contributed by atoms with Crippen LogP contribution >= 0.6 is 0 Å². The fourth-order valence-electron chi connectivity index (χ4n) is 1.69. The Morgan fingerprint density at radius 3 is 2.11 bits per heavy atom. The smallest absolute Gasteiger partial charge is 0.251 e. The first-order valence-corrected chi connectivity index (χ1v) is 6.52. The van der Waals surface area contributed by atoms with Crippen molar-refractivity contribution >= 4 is 5.91 Å². The molecule has 114 valence electrons. The van der Waals surface area contributed by atoms with E-state index < -0.39 is 36.9 Å². The summed E-state index contributed by atoms with van der Waals surface area (Å²) >= 11 is 0. The molecule has 0 aromatic rings. The molecule has 1 amide bonds. The molecule has 0 aromatic carbocycles. The molecule has 0 saturated heterocycles. The van der Waals surface area contributed by atoms with Gasteiger partial charge in [0.1, 0.15) is 18.3 Å². The lowest BCUT2D eigenvalue weighted by molar-refractivity contribution is -0.149. The Kier molecular flexibility index (Phi) is 8.86. The van der Waals surface area contributed by atoms with Gasteiger partial charge in [-0.05, 0) is 12.8 Å². The normalized spacial score (nSPS) is 19.3. The van der Waals surface area contributed by atoms with Gasteiger partial charge in [-0.25, -0.2) is 0 Å². The molecule has 0 aliphatic rings. The van der Waals surface area contributed by atoms with Crippen LogP contribution in [0.2, 0.25) is 0 Å². The molecular weight excluding hydrogens is 254 g/mol. The van der Waals surface area contributed by atoms with Gasteiger partial charge in [0, 0.05) is 6.04 Å². The van der Waals surface area contributed by atoms with Crippen molar-refractivity contribution in [1.29, 1.82) is 0 Å². The van der Waals surface area contributed by atoms with Crippen LogP contribution in [0.25, 0.3) is 0 Å². The van der Waals surface area contributed by atoms with Gasteiger partial charge in [-0.1, -0.05) is 20.3 Å². The minimum absolute atomic E-state index is 0.112. The Labute approximate surface area is 112 Å². The monoisotopic (exact) mass is 279 g/mol. The number of aliphatic hydroxyl groups is 5. The number of amides is 1. The van der Waals surface area contributed by atoms with Gasteiger partial charge in [-0.2, -0.15) is 0 Å². The number of nitrogens with one attached hydrogen (secondary N) is 1. The maximum atomic E-state index is 11.7. The molecule has 6 N–H and O–H groups in total. The Morgan fingerprint density at radius 1 is 1.11 bits per heavy atom. The number of hydrogen-bond acceptors (Lipinski definition) is 6. The third-order valence-corrected chi connectivity index (χ3v) is 3.00. The van der Waals surface area contributed by atoms with Crippen LogP contribution < -0.4 is 5.32 Å². The van der Waals surface area contributed by atoms with Crippen molar-refractivity contribution in [1.82, 2.24) is 5.32 Å². The Hall–Kier alpha value is -0.730. The van der Waals surface area contributed by atoms with E-state index in [1.165, 1.54) is 0 Å². The first-order valence-electron chi connectivity index (χ1n) is 6.52. The highest BCUT2D eigenvalue weighted by molar-refractivity contribution is 5.81. The van der Waals surface area contributed by atoms with Crippen molar-refractivity contribution in [3.8, 4) is 0 Å². The van der Waals surface area contributed by atoms with E-state index in [0.29, 0.717) is 6.42 Å². The second-order valence-corrected chi connectivity index (χ2v) is 4.58. The average Bonchev–Trinajstić information content (AvgIpc) is 2.43. The lowest BCUT2D eigenvalue weighted by Crippen LogP contribution is -2.53. The van der Waals surface area contributed by atoms with Crippen LogP contribution in [-0.2, 0) is 4.79 Å². The third kappa shape index (κ3) is 5.84. The molecule has 0 aliphatic heterocycles. The zero-order valence-electron chi connectivity index (χ0n) is 11.4. The van der Waals surface area contributed by atoms with Crippen molar-refractivity contribution in [2.24, 2.45) is 0 Å². The minimum Gasteiger partial charge on any atom is -0.394 e. The van der Waals surface area contributed by atoms with E-state index in [-0.39, 0.29) is 6.04 Å². The van der Waals surface area contributed by atoms with E-state index in [1.807, 2.05) is 13.8 Å². The highest BCUT2D eigenvalue weighted by Crippen LogP contribution is 2.07. The van der Waals surface area contributed by atoms with Gasteiger partial charge >= 0.3 is 0 Å². The van der Waals surface area contributed by atoms with Gasteiger partial charge < -0.3 is 30.8 Å². The number of carbonyl (C=O) groups is 1. The highest BCUT2D eigenvalue weighted by atomic mass is 16.4. The fraction of sp³-hybridized carbons (Fsp3) is 0.917. The topological polar surface area (TPSA) is 130 Å². The lowest BCUT2D eigenvalue weighted by atomic mass is 10.0. The molecule has 5 atom stereocenters. The predicted octanol–water partition coefficient (Wildman–Crippen LogP) is -1.88. The number of hydrogen-bond donors (Lipinski definition) is 6. The van der Waals surface area contributed by atoms with Crippen molar-refractivity contribution in [2.75, 3.05) is 6.61 Å². The van der Waals surface area contributed by atoms with Crippen LogP contribution in [0.5, 0.6) is 0 Å². The Balaban J connectivity index is 4.46. The number of rotatable bonds is 9. The maximum absolute atomic E-state index is 11.7. The van der Waals surface area contributed by atoms with Gasteiger partial charge in [0.15, 0.2) is 6.10 Å². The summed E-state index contributed by atoms with van der Waals surface area (Å²) in [6, 6.07) is -0.112. The summed E-state index contributed by atoms with van der Waals surface area (Å²) in [5.41, 5.74) is 0. The molecule has 0 saturated carbocycles. The summed E-state index contributed by atoms with van der Waals surface area (Å²) in [5, 5.41) is 48.9. The maximum Gasteiger partial charge on any atom is 0.251 e. The summed E-state index contributed by atoms with van der Waals surface area (Å²) in [5.74, 6) is -0.808. The van der Waals surface area contributed by atoms with E-state index in [4.69, 9.17) is 10.2 Å². The minimum atomic E-state index is -1.86. The van der Waals surface area contributed by atoms with Gasteiger partial charge in [0.25, 0.3) is 5.91 Å². The molecule has 0 spiro atoms. The van der Waals surface area contributed by atoms with Crippen LogP contribution in [0, 0.1) is 0 Å². The molecule has 0 radical (unpaired) electrons. The average molecular weight is 279 g/mol. The molecule has 0 aliphatic carbocycles. The summed E-state index contributed by atoms with van der Waals surface area (Å²) in [6.45, 7) is 3.06. The van der Waals surface area contributed by atoms with Gasteiger partial charge in [0.05, 0.1) is 6.61 Å². The molecular formula is C12H25NO6. The van der Waals surface area contributed by atoms with Crippen LogP contribution in [0.15, 0.2) is 0 Å². The molecule has 7 nitrogen and oxygen atoms in total. The van der Waals surface area contributed by atoms with E-state index in [1.54, 1.807) is 0 Å². The van der Waals surface area contributed by atoms with Crippen molar-refractivity contribution < 1.29 is 30.3 Å². The molecule has 19 heavy (non-hydrogen) atoms. The lowest BCUT2D eigenvalue weighted by Gasteiger charge is -2.26. The molecule has 7 heteroatoms. The predicted molar refractivity (Wildman–Crippen MR) is 68.2 cm³/mol. The fourth-order valence-corrected chi connectivity index (χ4v) is 1.69. The summed E-state index contributed by atoms with van der Waals surface area (Å²) < 4.78 is 0. The number of carbonyl (C=O) groups excluding carboxylic acids is 1. The zero-order valence-corrected chi connectivity index (χ0v) is 11.4. The van der Waals surface area contributed by atoms with E-state index in [2.05, 4.69) is 5.32 Å². The SMILES string of the molecule is CCCC(CC)NC(=O)[C@H](O)[C@@H](O)[C@H](O)[C@H](O)CO. The summed E-state index contributed by atoms with van der Waals surface area (Å²) in [6.07, 6.45) is -4.84. The molecule has 0 rings (SSSR count). The Morgan fingerprint density at radius 2 is 1.68 bits per heavy atom. The number of aliphatic hydroxyl groups excluding tert-OH is 5. The molecule has 0 fully saturated rings. The van der Waals surface area contributed by atoms with E-state index in [0.717, 1.165) is 12.8 Å². The standard InChI is InChI=1S/C12H25NO6/c1-3-5-7(4-2)13-12(19)11(18)10(17)9(16)8(15)6-14/h7-11,14-18H,3-6H2,1-2H3,(H,13,19)/t7?,8-,9-,10+,11-/m1/s1. The Bertz CT molecular complexity index is 263. The first-order chi connectivity index (χ1) is 8.88. The summed E-state index contributed by atoms with van der Waals surface area (Å²) in [7, 11) is 0. The molecule has 1 unspecified atom stereocenters. The van der Waals surface area contributed by atoms with Gasteiger partial charge in [0.2, 0.25) is 0 Å². The second-order valence-electron chi connectivity index (χ2n) is 4.58. The van der Waals surface area contributed by atoms with E-state index in [9.17, 15) is 20.1 Å². The van der Waals surface area contributed by atoms with Gasteiger partial charge in [-0.15, -0.1) is 0 Å². The molecule has 0 heterocycles. The molecule has 0 aromatic heterocycles. The van der Waals surface area contributed by atoms with Crippen molar-refractivity contribution in [2.45, 2.75) is 63.6 Å². The molecule has 0 bridgehead atoms. The van der Waals surface area contributed by atoms with Crippen LogP contribution in [0.1, 0.15) is 33.1 Å². The van der Waals surface area contributed by atoms with Crippen LogP contribution in [0.3, 0.4) is 0 Å². The third-order valence-electron chi connectivity index (χ3n) is 3.00. The largest absolute Gasteiger partial charge is 0.394 e.